The van der Waals surface area contributed by atoms with Gasteiger partial charge < -0.3 is 13.9 Å². The molecule has 1 saturated heterocycles. The maximum atomic E-state index is 6.95. The maximum Gasteiger partial charge on any atom is 0.192 e. The summed E-state index contributed by atoms with van der Waals surface area (Å²) in [6.07, 6.45) is 9.14. The fraction of sp³-hybridized carbons (Fsp3) is 0.931. The summed E-state index contributed by atoms with van der Waals surface area (Å²) in [7, 11) is -1.77. The number of ether oxygens (including phenoxy) is 2. The van der Waals surface area contributed by atoms with Crippen molar-refractivity contribution in [2.24, 2.45) is 39.9 Å². The van der Waals surface area contributed by atoms with Crippen molar-refractivity contribution in [3.63, 3.8) is 0 Å². The third-order valence-electron chi connectivity index (χ3n) is 12.1. The molecule has 4 heteroatoms. The average Bonchev–Trinajstić information content (AvgIpc) is 3.16. The van der Waals surface area contributed by atoms with Gasteiger partial charge in [0.25, 0.3) is 0 Å². The zero-order valence-electron chi connectivity index (χ0n) is 22.8. The van der Waals surface area contributed by atoms with Crippen LogP contribution >= 0.6 is 0 Å². The molecule has 1 heterocycles. The fourth-order valence-corrected chi connectivity index (χ4v) is 10.6. The summed E-state index contributed by atoms with van der Waals surface area (Å²) in [5, 5.41) is 0.261. The third-order valence-corrected chi connectivity index (χ3v) is 16.6. The standard InChI is InChI=1S/C29H50O3Si/c1-20-18-28-22(17-21(2)29(24(20)28)30-15-16-31-29)11-12-23-26(6,13-10-14-27(23,28)7)19-32-33(8,9)25(3,4)5/h21-24H,1,10-19H2,2-9H3/t21-,22+,23+,24+,26-,27+,28-/m1/s1. The van der Waals surface area contributed by atoms with Crippen LogP contribution in [0.5, 0.6) is 0 Å². The molecule has 0 radical (unpaired) electrons. The molecule has 0 unspecified atom stereocenters. The smallest absolute Gasteiger partial charge is 0.192 e. The summed E-state index contributed by atoms with van der Waals surface area (Å²) in [5.41, 5.74) is 2.27. The lowest BCUT2D eigenvalue weighted by atomic mass is 9.29. The average molecular weight is 475 g/mol. The highest BCUT2D eigenvalue weighted by atomic mass is 28.4. The monoisotopic (exact) mass is 474 g/mol. The molecule has 5 aliphatic rings. The Hall–Kier alpha value is -0.163. The molecule has 0 aromatic heterocycles. The Balaban J connectivity index is 1.50. The van der Waals surface area contributed by atoms with Crippen LogP contribution in [0.3, 0.4) is 0 Å². The second-order valence-corrected chi connectivity index (χ2v) is 19.5. The van der Waals surface area contributed by atoms with E-state index < -0.39 is 14.1 Å². The molecule has 1 aliphatic heterocycles. The quantitative estimate of drug-likeness (QED) is 0.312. The predicted molar refractivity (Wildman–Crippen MR) is 138 cm³/mol. The van der Waals surface area contributed by atoms with E-state index in [4.69, 9.17) is 13.9 Å². The number of hydrogen-bond acceptors (Lipinski definition) is 3. The van der Waals surface area contributed by atoms with Gasteiger partial charge in [-0.1, -0.05) is 60.1 Å². The van der Waals surface area contributed by atoms with Gasteiger partial charge in [0, 0.05) is 18.4 Å². The van der Waals surface area contributed by atoms with E-state index in [0.29, 0.717) is 28.6 Å². The van der Waals surface area contributed by atoms with Gasteiger partial charge in [0.05, 0.1) is 13.2 Å². The fourth-order valence-electron chi connectivity index (χ4n) is 9.49. The molecule has 188 valence electrons. The van der Waals surface area contributed by atoms with Crippen LogP contribution in [-0.2, 0) is 13.9 Å². The topological polar surface area (TPSA) is 27.7 Å². The molecule has 7 atom stereocenters. The molecule has 5 fully saturated rings. The molecular formula is C29H50O3Si. The van der Waals surface area contributed by atoms with Gasteiger partial charge in [-0.2, -0.15) is 0 Å². The van der Waals surface area contributed by atoms with Crippen molar-refractivity contribution in [2.75, 3.05) is 19.8 Å². The van der Waals surface area contributed by atoms with Crippen LogP contribution in [0.25, 0.3) is 0 Å². The zero-order chi connectivity index (χ0) is 24.1. The van der Waals surface area contributed by atoms with Crippen molar-refractivity contribution in [3.05, 3.63) is 12.2 Å². The second-order valence-electron chi connectivity index (χ2n) is 14.7. The van der Waals surface area contributed by atoms with E-state index in [1.54, 1.807) is 0 Å². The van der Waals surface area contributed by atoms with Gasteiger partial charge in [0.15, 0.2) is 14.1 Å². The molecule has 4 saturated carbocycles. The van der Waals surface area contributed by atoms with Crippen molar-refractivity contribution in [1.82, 2.24) is 0 Å². The third kappa shape index (κ3) is 3.09. The van der Waals surface area contributed by atoms with Gasteiger partial charge in [-0.05, 0) is 84.7 Å². The SMILES string of the molecule is C=C1C[C@]23[C@@H](CC[C@H]4[C@@](C)(CO[Si](C)(C)C(C)(C)C)CCC[C@@]42C)C[C@@H](C)C2(OCCO2)[C@@H]13. The normalized spacial score (nSPS) is 47.0. The van der Waals surface area contributed by atoms with Gasteiger partial charge in [0.1, 0.15) is 0 Å². The minimum absolute atomic E-state index is 0.261. The Kier molecular flexibility index (Phi) is 5.52. The van der Waals surface area contributed by atoms with E-state index in [1.165, 1.54) is 50.5 Å². The van der Waals surface area contributed by atoms with Crippen LogP contribution in [-0.4, -0.2) is 33.9 Å². The molecule has 0 amide bonds. The number of rotatable bonds is 3. The summed E-state index contributed by atoms with van der Waals surface area (Å²) in [6.45, 7) is 26.6. The Morgan fingerprint density at radius 2 is 1.76 bits per heavy atom. The van der Waals surface area contributed by atoms with Crippen LogP contribution in [0.15, 0.2) is 12.2 Å². The number of fused-ring (bicyclic) bond motifs is 2. The molecule has 2 spiro atoms. The lowest BCUT2D eigenvalue weighted by Gasteiger charge is -2.76. The predicted octanol–water partition coefficient (Wildman–Crippen LogP) is 7.58. The minimum atomic E-state index is -1.77. The first kappa shape index (κ1) is 24.5. The molecule has 4 aliphatic carbocycles. The van der Waals surface area contributed by atoms with Crippen molar-refractivity contribution >= 4 is 8.32 Å². The minimum Gasteiger partial charge on any atom is -0.416 e. The van der Waals surface area contributed by atoms with Gasteiger partial charge >= 0.3 is 0 Å². The first-order chi connectivity index (χ1) is 15.2. The van der Waals surface area contributed by atoms with E-state index in [0.717, 1.165) is 25.7 Å². The van der Waals surface area contributed by atoms with Crippen molar-refractivity contribution in [3.8, 4) is 0 Å². The van der Waals surface area contributed by atoms with E-state index in [9.17, 15) is 0 Å². The van der Waals surface area contributed by atoms with E-state index in [1.807, 2.05) is 0 Å². The van der Waals surface area contributed by atoms with E-state index in [2.05, 4.69) is 61.2 Å². The Bertz CT molecular complexity index is 808. The molecule has 33 heavy (non-hydrogen) atoms. The summed E-state index contributed by atoms with van der Waals surface area (Å²) in [4.78, 5) is 0. The molecule has 0 bridgehead atoms. The highest BCUT2D eigenvalue weighted by Crippen LogP contribution is 2.80. The molecule has 0 N–H and O–H groups in total. The number of hydrogen-bond donors (Lipinski definition) is 0. The van der Waals surface area contributed by atoms with Crippen LogP contribution < -0.4 is 0 Å². The van der Waals surface area contributed by atoms with Crippen LogP contribution in [0.4, 0.5) is 0 Å². The Labute approximate surface area is 204 Å². The van der Waals surface area contributed by atoms with Crippen molar-refractivity contribution < 1.29 is 13.9 Å². The van der Waals surface area contributed by atoms with Crippen LogP contribution in [0, 0.1) is 39.9 Å². The summed E-state index contributed by atoms with van der Waals surface area (Å²) in [6, 6.07) is 0. The molecule has 0 aromatic rings. The molecule has 3 nitrogen and oxygen atoms in total. The van der Waals surface area contributed by atoms with Gasteiger partial charge in [-0.25, -0.2) is 0 Å². The highest BCUT2D eigenvalue weighted by Gasteiger charge is 2.77. The maximum absolute atomic E-state index is 6.95. The molecule has 5 rings (SSSR count). The lowest BCUT2D eigenvalue weighted by Crippen LogP contribution is -2.74. The first-order valence-electron chi connectivity index (χ1n) is 13.8. The summed E-state index contributed by atoms with van der Waals surface area (Å²) < 4.78 is 20.0. The van der Waals surface area contributed by atoms with Gasteiger partial charge in [0.2, 0.25) is 0 Å². The lowest BCUT2D eigenvalue weighted by molar-refractivity contribution is -0.340. The van der Waals surface area contributed by atoms with E-state index >= 15 is 0 Å². The van der Waals surface area contributed by atoms with Gasteiger partial charge in [-0.15, -0.1) is 0 Å². The van der Waals surface area contributed by atoms with Gasteiger partial charge in [-0.3, -0.25) is 0 Å². The Morgan fingerprint density at radius 1 is 1.09 bits per heavy atom. The second kappa shape index (κ2) is 7.43. The van der Waals surface area contributed by atoms with Crippen LogP contribution in [0.1, 0.15) is 86.5 Å². The zero-order valence-corrected chi connectivity index (χ0v) is 23.8. The molecular weight excluding hydrogens is 424 g/mol. The Morgan fingerprint density at radius 3 is 2.36 bits per heavy atom. The summed E-state index contributed by atoms with van der Waals surface area (Å²) in [5.74, 6) is 1.91. The van der Waals surface area contributed by atoms with E-state index in [-0.39, 0.29) is 10.5 Å². The van der Waals surface area contributed by atoms with Crippen molar-refractivity contribution in [2.45, 2.75) is 110 Å². The van der Waals surface area contributed by atoms with Crippen LogP contribution in [0.2, 0.25) is 18.1 Å². The van der Waals surface area contributed by atoms with Crippen molar-refractivity contribution in [1.29, 1.82) is 0 Å². The molecule has 0 aromatic carbocycles. The first-order valence-corrected chi connectivity index (χ1v) is 16.7. The summed E-state index contributed by atoms with van der Waals surface area (Å²) >= 11 is 0. The largest absolute Gasteiger partial charge is 0.416 e. The highest BCUT2D eigenvalue weighted by molar-refractivity contribution is 6.74.